The van der Waals surface area contributed by atoms with E-state index in [2.05, 4.69) is 566 Å². The molecule has 23 aromatic carbocycles. The van der Waals surface area contributed by atoms with Crippen LogP contribution in [-0.4, -0.2) is 4.57 Å². The summed E-state index contributed by atoms with van der Waals surface area (Å²) >= 11 is 1.87. The molecule has 0 saturated carbocycles. The van der Waals surface area contributed by atoms with Crippen molar-refractivity contribution >= 4 is 87.4 Å². The Kier molecular flexibility index (Phi) is 20.0. The minimum absolute atomic E-state index is 0.396. The SMILES string of the molecule is c1ccc(-c2ccc(N(c3ccc(-c4ccc5c(c4)-c4ccccc4C54c5ccccc5-c5cc(-c6ccccc6)ccc54)cc3)c3ccc(-c4ccc5c(c4)sc4ccccc45)cc3)cc2)cc1.c1ccc(-c2ccc(N(c3ccc(-c4ccc5c(c4)-c4ccccc4C54c5ccccc5-c5cc(-c6ccccc6)ccc54)cc3)c3ccc(-c4ccc5c6ccccc6n(-c6ccccc6)c5c4)cc3)cc2)cc1. The highest BCUT2D eigenvalue weighted by molar-refractivity contribution is 7.25. The molecule has 144 heavy (non-hydrogen) atoms. The van der Waals surface area contributed by atoms with Crippen LogP contribution in [0, 0.1) is 0 Å². The van der Waals surface area contributed by atoms with Gasteiger partial charge in [0.15, 0.2) is 0 Å². The van der Waals surface area contributed by atoms with Crippen molar-refractivity contribution in [3.63, 3.8) is 0 Å². The van der Waals surface area contributed by atoms with Crippen molar-refractivity contribution in [2.45, 2.75) is 10.8 Å². The number of fused-ring (bicyclic) bond motifs is 26. The predicted molar refractivity (Wildman–Crippen MR) is 606 cm³/mol. The average Bonchev–Trinajstić information content (AvgIpc) is 1.51. The number of para-hydroxylation sites is 2. The Labute approximate surface area is 842 Å². The Balaban J connectivity index is 0.000000141. The number of hydrogen-bond donors (Lipinski definition) is 0. The molecule has 29 rings (SSSR count). The lowest BCUT2D eigenvalue weighted by Crippen LogP contribution is -2.25. The largest absolute Gasteiger partial charge is 0.311 e. The number of nitrogens with zero attached hydrogens (tertiary/aromatic N) is 3. The van der Waals surface area contributed by atoms with Crippen LogP contribution in [0.25, 0.3) is 181 Å². The third kappa shape index (κ3) is 13.6. The fraction of sp³-hybridized carbons (Fsp3) is 0.0143. The summed E-state index contributed by atoms with van der Waals surface area (Å²) in [4.78, 5) is 4.75. The number of thiophene rings is 1. The van der Waals surface area contributed by atoms with Crippen molar-refractivity contribution in [1.82, 2.24) is 4.57 Å². The summed E-state index contributed by atoms with van der Waals surface area (Å²) in [5, 5.41) is 5.16. The highest BCUT2D eigenvalue weighted by atomic mass is 32.1. The molecule has 2 spiro atoms. The Morgan fingerprint density at radius 3 is 0.729 bits per heavy atom. The molecule has 4 aliphatic carbocycles. The third-order valence-corrected chi connectivity index (χ3v) is 31.9. The standard InChI is InChI=1S/C73H48N2.C67H43NS/c1-4-16-49(17-5-1)51-28-37-58(38-29-51)74(60-41-32-53(33-42-60)56-34-43-64-63-24-12-15-27-71(63)75(72(64)48-56)57-20-8-3-9-21-57)59-39-30-52(31-40-59)55-36-45-70-66(47-55)62-23-11-14-26-68(62)73(70)67-25-13-10-22-61(67)65-46-54(35-44-69(65)73)50-18-6-2-7-19-50;1-3-13-44(14-4-1)46-23-32-52(33-24-46)68(54-36-27-48(28-37-54)51-29-38-58-57-19-9-12-22-65(57)69-66(58)43-51)53-34-25-47(26-35-53)50-31-40-64-60(42-50)56-18-8-11-21-62(56)67(64)61-20-10-7-17-55(61)59-41-49(30-39-63(59)67)45-15-5-2-6-16-45/h1-48H;1-43H. The summed E-state index contributed by atoms with van der Waals surface area (Å²) in [6.07, 6.45) is 0. The van der Waals surface area contributed by atoms with E-state index in [0.29, 0.717) is 0 Å². The molecule has 0 radical (unpaired) electrons. The third-order valence-electron chi connectivity index (χ3n) is 30.8. The molecule has 0 aliphatic heterocycles. The zero-order valence-corrected chi connectivity index (χ0v) is 79.6. The van der Waals surface area contributed by atoms with Crippen LogP contribution in [0.5, 0.6) is 0 Å². The number of hydrogen-bond acceptors (Lipinski definition) is 3. The number of aromatic nitrogens is 1. The quantitative estimate of drug-likeness (QED) is 0.101. The van der Waals surface area contributed by atoms with Crippen LogP contribution in [0.3, 0.4) is 0 Å². The van der Waals surface area contributed by atoms with Gasteiger partial charge in [0.1, 0.15) is 0 Å². The molecule has 3 nitrogen and oxygen atoms in total. The second-order valence-electron chi connectivity index (χ2n) is 38.4. The molecular weight excluding hydrogens is 1760 g/mol. The smallest absolute Gasteiger partial charge is 0.0725 e. The fourth-order valence-corrected chi connectivity index (χ4v) is 25.3. The molecule has 4 aliphatic rings. The van der Waals surface area contributed by atoms with Crippen LogP contribution in [-0.2, 0) is 10.8 Å². The maximum atomic E-state index is 2.44. The van der Waals surface area contributed by atoms with Crippen molar-refractivity contribution in [2.24, 2.45) is 0 Å². The van der Waals surface area contributed by atoms with E-state index in [9.17, 15) is 0 Å². The van der Waals surface area contributed by atoms with Gasteiger partial charge in [-0.1, -0.05) is 419 Å². The van der Waals surface area contributed by atoms with Gasteiger partial charge in [-0.05, 0) is 311 Å². The Hall–Kier alpha value is -18.3. The second kappa shape index (κ2) is 34.3. The first kappa shape index (κ1) is 83.8. The molecule has 0 saturated heterocycles. The Morgan fingerprint density at radius 2 is 0.375 bits per heavy atom. The van der Waals surface area contributed by atoms with E-state index in [4.69, 9.17) is 0 Å². The van der Waals surface area contributed by atoms with Crippen LogP contribution in [0.15, 0.2) is 552 Å². The van der Waals surface area contributed by atoms with Gasteiger partial charge in [-0.3, -0.25) is 0 Å². The summed E-state index contributed by atoms with van der Waals surface area (Å²) in [6, 6.07) is 204. The van der Waals surface area contributed by atoms with Crippen molar-refractivity contribution < 1.29 is 0 Å². The van der Waals surface area contributed by atoms with Gasteiger partial charge >= 0.3 is 0 Å². The van der Waals surface area contributed by atoms with Gasteiger partial charge in [0.05, 0.1) is 21.9 Å². The van der Waals surface area contributed by atoms with Crippen LogP contribution >= 0.6 is 11.3 Å². The van der Waals surface area contributed by atoms with Crippen molar-refractivity contribution in [3.8, 4) is 139 Å². The lowest BCUT2D eigenvalue weighted by molar-refractivity contribution is 0.794. The zero-order chi connectivity index (χ0) is 94.9. The average molecular weight is 1850 g/mol. The van der Waals surface area contributed by atoms with E-state index in [1.54, 1.807) is 0 Å². The number of benzene rings is 23. The molecule has 672 valence electrons. The maximum Gasteiger partial charge on any atom is 0.0725 e. The molecule has 2 aromatic heterocycles. The summed E-state index contributed by atoms with van der Waals surface area (Å²) in [6.45, 7) is 0. The fourth-order valence-electron chi connectivity index (χ4n) is 24.2. The lowest BCUT2D eigenvalue weighted by atomic mass is 9.70. The first-order valence-electron chi connectivity index (χ1n) is 49.8. The molecule has 4 heteroatoms. The van der Waals surface area contributed by atoms with E-state index < -0.39 is 10.8 Å². The van der Waals surface area contributed by atoms with Gasteiger partial charge in [0.2, 0.25) is 0 Å². The maximum absolute atomic E-state index is 2.44. The minimum Gasteiger partial charge on any atom is -0.311 e. The minimum atomic E-state index is -0.406. The van der Waals surface area contributed by atoms with Crippen molar-refractivity contribution in [3.05, 3.63) is 597 Å². The highest BCUT2D eigenvalue weighted by Crippen LogP contribution is 2.66. The predicted octanol–water partition coefficient (Wildman–Crippen LogP) is 37.8. The normalized spacial score (nSPS) is 14.0. The highest BCUT2D eigenvalue weighted by Gasteiger charge is 2.54. The molecule has 0 fully saturated rings. The molecule has 0 N–H and O–H groups in total. The van der Waals surface area contributed by atoms with Gasteiger partial charge in [-0.2, -0.15) is 0 Å². The van der Waals surface area contributed by atoms with Crippen molar-refractivity contribution in [2.75, 3.05) is 9.80 Å². The first-order chi connectivity index (χ1) is 71.4. The zero-order valence-electron chi connectivity index (χ0n) is 78.8. The van der Waals surface area contributed by atoms with Gasteiger partial charge in [0, 0.05) is 70.8 Å². The summed E-state index contributed by atoms with van der Waals surface area (Å²) in [5.41, 5.74) is 49.9. The summed E-state index contributed by atoms with van der Waals surface area (Å²) in [5.74, 6) is 0. The molecule has 0 amide bonds. The molecule has 25 aromatic rings. The van der Waals surface area contributed by atoms with E-state index >= 15 is 0 Å². The van der Waals surface area contributed by atoms with E-state index in [-0.39, 0.29) is 0 Å². The summed E-state index contributed by atoms with van der Waals surface area (Å²) < 4.78 is 5.03. The topological polar surface area (TPSA) is 11.4 Å². The Morgan fingerprint density at radius 1 is 0.146 bits per heavy atom. The summed E-state index contributed by atoms with van der Waals surface area (Å²) in [7, 11) is 0. The lowest BCUT2D eigenvalue weighted by Gasteiger charge is -2.30. The van der Waals surface area contributed by atoms with Gasteiger partial charge in [0.25, 0.3) is 0 Å². The molecule has 0 bridgehead atoms. The Bertz CT molecular complexity index is 9320. The van der Waals surface area contributed by atoms with Gasteiger partial charge in [-0.15, -0.1) is 11.3 Å². The van der Waals surface area contributed by atoms with Crippen LogP contribution in [0.2, 0.25) is 0 Å². The number of rotatable bonds is 15. The van der Waals surface area contributed by atoms with Crippen molar-refractivity contribution in [1.29, 1.82) is 0 Å². The first-order valence-corrected chi connectivity index (χ1v) is 50.6. The van der Waals surface area contributed by atoms with Gasteiger partial charge < -0.3 is 14.4 Å². The van der Waals surface area contributed by atoms with E-state index in [1.807, 2.05) is 11.3 Å². The molecule has 2 heterocycles. The van der Waals surface area contributed by atoms with E-state index in [0.717, 1.165) is 39.8 Å². The van der Waals surface area contributed by atoms with Crippen LogP contribution in [0.4, 0.5) is 34.1 Å². The monoisotopic (exact) mass is 1850 g/mol. The molecular formula is C140H91N3S. The molecule has 2 unspecified atom stereocenters. The van der Waals surface area contributed by atoms with Gasteiger partial charge in [-0.25, -0.2) is 0 Å². The van der Waals surface area contributed by atoms with E-state index in [1.165, 1.54) is 220 Å². The van der Waals surface area contributed by atoms with Crippen LogP contribution < -0.4 is 9.80 Å². The number of anilines is 6. The second-order valence-corrected chi connectivity index (χ2v) is 39.5. The van der Waals surface area contributed by atoms with Crippen LogP contribution in [0.1, 0.15) is 44.5 Å². The molecule has 2 atom stereocenters.